The fraction of sp³-hybridized carbons (Fsp3) is 0.273. The van der Waals surface area contributed by atoms with Gasteiger partial charge in [0, 0.05) is 17.7 Å². The van der Waals surface area contributed by atoms with Crippen LogP contribution in [-0.2, 0) is 9.84 Å². The van der Waals surface area contributed by atoms with Gasteiger partial charge in [-0.1, -0.05) is 26.0 Å². The molecule has 0 spiro atoms. The van der Waals surface area contributed by atoms with E-state index in [0.29, 0.717) is 11.5 Å². The average Bonchev–Trinajstić information content (AvgIpc) is 2.15. The summed E-state index contributed by atoms with van der Waals surface area (Å²) in [5, 5.41) is 0. The van der Waals surface area contributed by atoms with Crippen LogP contribution in [0.1, 0.15) is 24.2 Å². The van der Waals surface area contributed by atoms with Gasteiger partial charge in [0.1, 0.15) is 0 Å². The molecule has 1 radical (unpaired) electrons. The van der Waals surface area contributed by atoms with Gasteiger partial charge in [-0.05, 0) is 12.1 Å². The van der Waals surface area contributed by atoms with Crippen LogP contribution in [0.15, 0.2) is 29.2 Å². The summed E-state index contributed by atoms with van der Waals surface area (Å²) in [6, 6.07) is 5.97. The van der Waals surface area contributed by atoms with Crippen molar-refractivity contribution in [3.8, 4) is 0 Å². The number of rotatable bonds is 3. The van der Waals surface area contributed by atoms with Gasteiger partial charge < -0.3 is 0 Å². The number of benzene rings is 1. The maximum atomic E-state index is 11.5. The van der Waals surface area contributed by atoms with Crippen molar-refractivity contribution >= 4 is 15.6 Å². The first-order valence-corrected chi connectivity index (χ1v) is 6.36. The monoisotopic (exact) mass is 225 g/mol. The smallest absolute Gasteiger partial charge is 0.175 e. The Bertz CT molecular complexity index is 455. The molecule has 81 valence electrons. The number of Topliss-reactive ketones (excluding diaryl/α,β-unsaturated/α-hetero) is 1. The second-order valence-electron chi connectivity index (χ2n) is 3.63. The highest BCUT2D eigenvalue weighted by Crippen LogP contribution is 2.14. The summed E-state index contributed by atoms with van der Waals surface area (Å²) in [5.74, 6) is 0.622. The maximum Gasteiger partial charge on any atom is 0.175 e. The van der Waals surface area contributed by atoms with E-state index in [-0.39, 0.29) is 10.7 Å². The number of sulfone groups is 1. The Balaban J connectivity index is 3.06. The van der Waals surface area contributed by atoms with Crippen molar-refractivity contribution in [2.75, 3.05) is 6.26 Å². The van der Waals surface area contributed by atoms with Crippen LogP contribution < -0.4 is 0 Å². The third-order valence-electron chi connectivity index (χ3n) is 2.00. The lowest BCUT2D eigenvalue weighted by atomic mass is 10.0. The van der Waals surface area contributed by atoms with Crippen LogP contribution in [0, 0.1) is 5.92 Å². The lowest BCUT2D eigenvalue weighted by Crippen LogP contribution is -2.06. The molecule has 0 fully saturated rings. The summed E-state index contributed by atoms with van der Waals surface area (Å²) < 4.78 is 22.3. The SMILES string of the molecule is C[C](C)C(=O)c1ccc(S(C)(=O)=O)cc1. The maximum absolute atomic E-state index is 11.5. The van der Waals surface area contributed by atoms with E-state index in [0.717, 1.165) is 6.26 Å². The fourth-order valence-corrected chi connectivity index (χ4v) is 1.77. The molecule has 0 N–H and O–H groups in total. The molecule has 0 aromatic heterocycles. The minimum absolute atomic E-state index is 0.0601. The Morgan fingerprint density at radius 2 is 1.53 bits per heavy atom. The van der Waals surface area contributed by atoms with Crippen molar-refractivity contribution in [2.45, 2.75) is 18.7 Å². The summed E-state index contributed by atoms with van der Waals surface area (Å²) in [7, 11) is -3.18. The molecule has 1 aromatic carbocycles. The van der Waals surface area contributed by atoms with Crippen molar-refractivity contribution in [3.05, 3.63) is 35.7 Å². The molecule has 0 saturated carbocycles. The molecule has 0 saturated heterocycles. The van der Waals surface area contributed by atoms with E-state index in [1.165, 1.54) is 24.3 Å². The standard InChI is InChI=1S/C11H13O3S/c1-8(2)11(12)9-4-6-10(7-5-9)15(3,13)14/h4-7H,1-3H3. The van der Waals surface area contributed by atoms with Crippen LogP contribution >= 0.6 is 0 Å². The van der Waals surface area contributed by atoms with E-state index >= 15 is 0 Å². The normalized spacial score (nSPS) is 11.7. The molecule has 0 bridgehead atoms. The predicted molar refractivity (Wildman–Crippen MR) is 58.5 cm³/mol. The van der Waals surface area contributed by atoms with Gasteiger partial charge in [-0.25, -0.2) is 8.42 Å². The zero-order valence-electron chi connectivity index (χ0n) is 8.94. The van der Waals surface area contributed by atoms with Gasteiger partial charge in [-0.3, -0.25) is 4.79 Å². The summed E-state index contributed by atoms with van der Waals surface area (Å²) in [5.41, 5.74) is 0.516. The van der Waals surface area contributed by atoms with E-state index < -0.39 is 9.84 Å². The summed E-state index contributed by atoms with van der Waals surface area (Å²) >= 11 is 0. The van der Waals surface area contributed by atoms with Crippen molar-refractivity contribution in [1.29, 1.82) is 0 Å². The van der Waals surface area contributed by atoms with E-state index in [4.69, 9.17) is 0 Å². The van der Waals surface area contributed by atoms with Gasteiger partial charge in [0.2, 0.25) is 0 Å². The van der Waals surface area contributed by atoms with E-state index in [1.54, 1.807) is 13.8 Å². The van der Waals surface area contributed by atoms with Crippen LogP contribution in [0.3, 0.4) is 0 Å². The van der Waals surface area contributed by atoms with Crippen LogP contribution in [0.5, 0.6) is 0 Å². The third kappa shape index (κ3) is 2.89. The molecule has 0 heterocycles. The Morgan fingerprint density at radius 1 is 1.07 bits per heavy atom. The molecule has 0 unspecified atom stereocenters. The highest BCUT2D eigenvalue weighted by Gasteiger charge is 2.12. The minimum atomic E-state index is -3.18. The first-order chi connectivity index (χ1) is 6.82. The number of hydrogen-bond acceptors (Lipinski definition) is 3. The Morgan fingerprint density at radius 3 is 1.87 bits per heavy atom. The lowest BCUT2D eigenvalue weighted by Gasteiger charge is -2.04. The van der Waals surface area contributed by atoms with Crippen molar-refractivity contribution in [3.63, 3.8) is 0 Å². The van der Waals surface area contributed by atoms with Crippen LogP contribution in [0.2, 0.25) is 0 Å². The van der Waals surface area contributed by atoms with Crippen LogP contribution in [0.4, 0.5) is 0 Å². The van der Waals surface area contributed by atoms with Crippen LogP contribution in [-0.4, -0.2) is 20.5 Å². The Kier molecular flexibility index (Phi) is 3.29. The van der Waals surface area contributed by atoms with E-state index in [1.807, 2.05) is 0 Å². The van der Waals surface area contributed by atoms with Crippen LogP contribution in [0.25, 0.3) is 0 Å². The van der Waals surface area contributed by atoms with Gasteiger partial charge in [0.05, 0.1) is 4.90 Å². The number of hydrogen-bond donors (Lipinski definition) is 0. The number of ketones is 1. The third-order valence-corrected chi connectivity index (χ3v) is 3.13. The second-order valence-corrected chi connectivity index (χ2v) is 5.64. The molecule has 4 heteroatoms. The number of carbonyl (C=O) groups excluding carboxylic acids is 1. The highest BCUT2D eigenvalue weighted by atomic mass is 32.2. The molecule has 0 aliphatic heterocycles. The number of carbonyl (C=O) groups is 1. The average molecular weight is 225 g/mol. The van der Waals surface area contributed by atoms with Gasteiger partial charge in [-0.2, -0.15) is 0 Å². The van der Waals surface area contributed by atoms with E-state index in [9.17, 15) is 13.2 Å². The predicted octanol–water partition coefficient (Wildman–Crippen LogP) is 1.89. The van der Waals surface area contributed by atoms with Gasteiger partial charge in [-0.15, -0.1) is 0 Å². The molecule has 0 amide bonds. The highest BCUT2D eigenvalue weighted by molar-refractivity contribution is 7.90. The lowest BCUT2D eigenvalue weighted by molar-refractivity contribution is 0.101. The molecule has 0 aliphatic rings. The molecular weight excluding hydrogens is 212 g/mol. The molecule has 1 aromatic rings. The molecule has 15 heavy (non-hydrogen) atoms. The molecule has 3 nitrogen and oxygen atoms in total. The minimum Gasteiger partial charge on any atom is -0.294 e. The Labute approximate surface area is 90.0 Å². The molecule has 1 rings (SSSR count). The molecule has 0 atom stereocenters. The first-order valence-electron chi connectivity index (χ1n) is 4.47. The first kappa shape index (κ1) is 11.9. The fourth-order valence-electron chi connectivity index (χ4n) is 1.14. The molecule has 0 aliphatic carbocycles. The van der Waals surface area contributed by atoms with Gasteiger partial charge in [0.25, 0.3) is 0 Å². The molecular formula is C11H13O3S. The Hall–Kier alpha value is -1.16. The van der Waals surface area contributed by atoms with E-state index in [2.05, 4.69) is 0 Å². The van der Waals surface area contributed by atoms with Gasteiger partial charge in [0.15, 0.2) is 15.6 Å². The topological polar surface area (TPSA) is 51.2 Å². The van der Waals surface area contributed by atoms with Gasteiger partial charge >= 0.3 is 0 Å². The largest absolute Gasteiger partial charge is 0.294 e. The summed E-state index contributed by atoms with van der Waals surface area (Å²) in [6.07, 6.45) is 1.14. The quantitative estimate of drug-likeness (QED) is 0.738. The zero-order chi connectivity index (χ0) is 11.6. The second kappa shape index (κ2) is 4.14. The van der Waals surface area contributed by atoms with Crippen molar-refractivity contribution < 1.29 is 13.2 Å². The zero-order valence-corrected chi connectivity index (χ0v) is 9.76. The summed E-state index contributed by atoms with van der Waals surface area (Å²) in [4.78, 5) is 11.7. The summed E-state index contributed by atoms with van der Waals surface area (Å²) in [6.45, 7) is 3.46. The van der Waals surface area contributed by atoms with Crippen molar-refractivity contribution in [1.82, 2.24) is 0 Å². The van der Waals surface area contributed by atoms with Crippen molar-refractivity contribution in [2.24, 2.45) is 0 Å².